The minimum Gasteiger partial charge on any atom is -0.359 e. The molecule has 0 aliphatic carbocycles. The minimum absolute atomic E-state index is 0.0609. The monoisotopic (exact) mass is 254 g/mol. The van der Waals surface area contributed by atoms with Crippen LogP contribution in [0.2, 0.25) is 0 Å². The summed E-state index contributed by atoms with van der Waals surface area (Å²) in [7, 11) is 0. The van der Waals surface area contributed by atoms with E-state index in [4.69, 9.17) is 0 Å². The van der Waals surface area contributed by atoms with Crippen molar-refractivity contribution in [2.75, 3.05) is 22.5 Å². The largest absolute Gasteiger partial charge is 0.359 e. The zero-order valence-corrected chi connectivity index (χ0v) is 10.5. The summed E-state index contributed by atoms with van der Waals surface area (Å²) < 4.78 is 0. The lowest BCUT2D eigenvalue weighted by Crippen LogP contribution is -2.28. The number of anilines is 4. The van der Waals surface area contributed by atoms with Gasteiger partial charge in [-0.2, -0.15) is 0 Å². The van der Waals surface area contributed by atoms with Crippen molar-refractivity contribution < 1.29 is 4.79 Å². The Morgan fingerprint density at radius 3 is 2.84 bits per heavy atom. The highest BCUT2D eigenvalue weighted by molar-refractivity contribution is 6.04. The molecule has 0 bridgehead atoms. The van der Waals surface area contributed by atoms with Crippen molar-refractivity contribution in [1.82, 2.24) is 4.98 Å². The molecule has 0 fully saturated rings. The average Bonchev–Trinajstić information content (AvgIpc) is 2.41. The molecule has 0 saturated carbocycles. The second-order valence-electron chi connectivity index (χ2n) is 4.43. The number of aromatic nitrogens is 1. The third-order valence-electron chi connectivity index (χ3n) is 2.88. The van der Waals surface area contributed by atoms with Crippen LogP contribution < -0.4 is 16.0 Å². The minimum atomic E-state index is -0.0609. The summed E-state index contributed by atoms with van der Waals surface area (Å²) in [6, 6.07) is 11.7. The maximum Gasteiger partial charge on any atom is 0.243 e. The molecule has 19 heavy (non-hydrogen) atoms. The first-order valence-electron chi connectivity index (χ1n) is 6.10. The first-order valence-corrected chi connectivity index (χ1v) is 6.10. The van der Waals surface area contributed by atoms with Gasteiger partial charge in [0, 0.05) is 11.4 Å². The van der Waals surface area contributed by atoms with Crippen LogP contribution in [-0.4, -0.2) is 17.4 Å². The van der Waals surface area contributed by atoms with Crippen molar-refractivity contribution in [1.29, 1.82) is 0 Å². The lowest BCUT2D eigenvalue weighted by molar-refractivity contribution is -0.114. The first kappa shape index (κ1) is 11.5. The van der Waals surface area contributed by atoms with E-state index in [1.54, 1.807) is 0 Å². The standard InChI is InChI=1S/C14H14N4O/c1-9-7-11(17-10-5-3-2-4-6-10)13-14(16-9)15-8-12(19)18-13/h2-7H,8H2,1H3,(H,18,19)(H2,15,16,17). The van der Waals surface area contributed by atoms with E-state index in [1.807, 2.05) is 43.3 Å². The first-order chi connectivity index (χ1) is 9.22. The van der Waals surface area contributed by atoms with Crippen molar-refractivity contribution in [3.05, 3.63) is 42.1 Å². The van der Waals surface area contributed by atoms with Crippen LogP contribution in [0, 0.1) is 6.92 Å². The van der Waals surface area contributed by atoms with E-state index in [2.05, 4.69) is 20.9 Å². The molecule has 3 N–H and O–H groups in total. The molecule has 2 heterocycles. The number of carbonyl (C=O) groups excluding carboxylic acids is 1. The SMILES string of the molecule is Cc1cc(Nc2ccccc2)c2c(n1)NCC(=O)N2. The number of hydrogen-bond acceptors (Lipinski definition) is 4. The normalized spacial score (nSPS) is 13.2. The highest BCUT2D eigenvalue weighted by Gasteiger charge is 2.19. The number of carbonyl (C=O) groups is 1. The van der Waals surface area contributed by atoms with Gasteiger partial charge >= 0.3 is 0 Å². The molecule has 0 saturated heterocycles. The van der Waals surface area contributed by atoms with Gasteiger partial charge < -0.3 is 16.0 Å². The van der Waals surface area contributed by atoms with Crippen LogP contribution in [0.5, 0.6) is 0 Å². The fraction of sp³-hybridized carbons (Fsp3) is 0.143. The van der Waals surface area contributed by atoms with E-state index in [1.165, 1.54) is 0 Å². The van der Waals surface area contributed by atoms with Gasteiger partial charge in [0.05, 0.1) is 12.2 Å². The number of pyridine rings is 1. The Bertz CT molecular complexity index is 625. The highest BCUT2D eigenvalue weighted by Crippen LogP contribution is 2.33. The number of amides is 1. The lowest BCUT2D eigenvalue weighted by atomic mass is 10.2. The Morgan fingerprint density at radius 2 is 2.05 bits per heavy atom. The Morgan fingerprint density at radius 1 is 1.26 bits per heavy atom. The molecule has 5 heteroatoms. The second-order valence-corrected chi connectivity index (χ2v) is 4.43. The van der Waals surface area contributed by atoms with E-state index in [-0.39, 0.29) is 12.5 Å². The number of para-hydroxylation sites is 1. The van der Waals surface area contributed by atoms with E-state index in [0.717, 1.165) is 17.1 Å². The summed E-state index contributed by atoms with van der Waals surface area (Å²) in [6.45, 7) is 2.18. The number of nitrogens with zero attached hydrogens (tertiary/aromatic N) is 1. The van der Waals surface area contributed by atoms with Crippen LogP contribution >= 0.6 is 0 Å². The molecule has 0 radical (unpaired) electrons. The Kier molecular flexibility index (Phi) is 2.79. The van der Waals surface area contributed by atoms with E-state index in [9.17, 15) is 4.79 Å². The number of fused-ring (bicyclic) bond motifs is 1. The summed E-state index contributed by atoms with van der Waals surface area (Å²) in [5.41, 5.74) is 3.40. The molecule has 1 aromatic heterocycles. The number of aryl methyl sites for hydroxylation is 1. The molecule has 0 spiro atoms. The molecule has 2 aromatic rings. The Hall–Kier alpha value is -2.56. The van der Waals surface area contributed by atoms with Crippen molar-refractivity contribution in [3.8, 4) is 0 Å². The van der Waals surface area contributed by atoms with Gasteiger partial charge in [-0.3, -0.25) is 4.79 Å². The van der Waals surface area contributed by atoms with E-state index >= 15 is 0 Å². The Balaban J connectivity index is 2.01. The van der Waals surface area contributed by atoms with Crippen LogP contribution in [-0.2, 0) is 4.79 Å². The third kappa shape index (κ3) is 2.35. The molecule has 96 valence electrons. The van der Waals surface area contributed by atoms with Crippen LogP contribution in [0.4, 0.5) is 22.9 Å². The summed E-state index contributed by atoms with van der Waals surface area (Å²) in [5.74, 6) is 0.646. The van der Waals surface area contributed by atoms with Gasteiger partial charge in [-0.1, -0.05) is 18.2 Å². The van der Waals surface area contributed by atoms with Crippen molar-refractivity contribution in [2.45, 2.75) is 6.92 Å². The second kappa shape index (κ2) is 4.61. The summed E-state index contributed by atoms with van der Waals surface area (Å²) in [6.07, 6.45) is 0. The van der Waals surface area contributed by atoms with Gasteiger partial charge in [0.15, 0.2) is 5.82 Å². The zero-order valence-electron chi connectivity index (χ0n) is 10.5. The van der Waals surface area contributed by atoms with Gasteiger partial charge in [0.2, 0.25) is 5.91 Å². The number of nitrogens with one attached hydrogen (secondary N) is 3. The summed E-state index contributed by atoms with van der Waals surface area (Å²) in [4.78, 5) is 15.9. The molecule has 1 aromatic carbocycles. The van der Waals surface area contributed by atoms with Crippen LogP contribution in [0.3, 0.4) is 0 Å². The van der Waals surface area contributed by atoms with Crippen LogP contribution in [0.15, 0.2) is 36.4 Å². The summed E-state index contributed by atoms with van der Waals surface area (Å²) in [5, 5.41) is 9.16. The molecule has 5 nitrogen and oxygen atoms in total. The maximum absolute atomic E-state index is 11.5. The van der Waals surface area contributed by atoms with E-state index < -0.39 is 0 Å². The number of rotatable bonds is 2. The maximum atomic E-state index is 11.5. The predicted octanol–water partition coefficient (Wildman–Crippen LogP) is 2.50. The highest BCUT2D eigenvalue weighted by atomic mass is 16.2. The van der Waals surface area contributed by atoms with Crippen LogP contribution in [0.25, 0.3) is 0 Å². The topological polar surface area (TPSA) is 66.0 Å². The fourth-order valence-electron chi connectivity index (χ4n) is 2.05. The molecule has 0 unspecified atom stereocenters. The lowest BCUT2D eigenvalue weighted by Gasteiger charge is -2.22. The number of hydrogen-bond donors (Lipinski definition) is 3. The Labute approximate surface area is 111 Å². The van der Waals surface area contributed by atoms with E-state index in [0.29, 0.717) is 11.5 Å². The van der Waals surface area contributed by atoms with Crippen molar-refractivity contribution in [2.24, 2.45) is 0 Å². The molecular weight excluding hydrogens is 240 g/mol. The molecule has 1 aliphatic heterocycles. The van der Waals surface area contributed by atoms with Crippen molar-refractivity contribution >= 4 is 28.8 Å². The van der Waals surface area contributed by atoms with Gasteiger partial charge in [-0.05, 0) is 25.1 Å². The van der Waals surface area contributed by atoms with Crippen molar-refractivity contribution in [3.63, 3.8) is 0 Å². The molecule has 1 amide bonds. The quantitative estimate of drug-likeness (QED) is 0.770. The molecule has 3 rings (SSSR count). The zero-order chi connectivity index (χ0) is 13.2. The molecule has 0 atom stereocenters. The van der Waals surface area contributed by atoms with Gasteiger partial charge in [-0.15, -0.1) is 0 Å². The van der Waals surface area contributed by atoms with Gasteiger partial charge in [0.1, 0.15) is 5.69 Å². The van der Waals surface area contributed by atoms with Gasteiger partial charge in [-0.25, -0.2) is 4.98 Å². The smallest absolute Gasteiger partial charge is 0.243 e. The molecular formula is C14H14N4O. The van der Waals surface area contributed by atoms with Gasteiger partial charge in [0.25, 0.3) is 0 Å². The fourth-order valence-corrected chi connectivity index (χ4v) is 2.05. The number of benzene rings is 1. The third-order valence-corrected chi connectivity index (χ3v) is 2.88. The average molecular weight is 254 g/mol. The molecule has 1 aliphatic rings. The predicted molar refractivity (Wildman–Crippen MR) is 75.8 cm³/mol. The van der Waals surface area contributed by atoms with Crippen LogP contribution in [0.1, 0.15) is 5.69 Å². The summed E-state index contributed by atoms with van der Waals surface area (Å²) >= 11 is 0.